The lowest BCUT2D eigenvalue weighted by Gasteiger charge is -2.32. The second kappa shape index (κ2) is 11.7. The van der Waals surface area contributed by atoms with Crippen LogP contribution in [-0.4, -0.2) is 49.5 Å². The number of benzene rings is 2. The lowest BCUT2D eigenvalue weighted by atomic mass is 10.1. The van der Waals surface area contributed by atoms with E-state index in [9.17, 15) is 22.4 Å². The van der Waals surface area contributed by atoms with Gasteiger partial charge in [0.25, 0.3) is 0 Å². The molecule has 0 saturated carbocycles. The second-order valence-electron chi connectivity index (χ2n) is 9.81. The highest BCUT2D eigenvalue weighted by Gasteiger charge is 2.29. The number of carbonyl (C=O) groups is 2. The zero-order valence-electron chi connectivity index (χ0n) is 21.3. The van der Waals surface area contributed by atoms with Crippen molar-refractivity contribution < 1.29 is 22.4 Å². The standard InChI is InChI=1S/C26H36FN3O4S/c1-19-11-9-13-22(17-19)30(35(6,33)34)16-10-15-24(31)29(18-21-12-7-8-14-23(21)27)20(2)25(32)28-26(3,4)5/h7-9,11-14,17,20H,10,15-16,18H2,1-6H3,(H,28,32)/t20-/m1/s1. The number of nitrogens with one attached hydrogen (secondary N) is 1. The number of anilines is 1. The average Bonchev–Trinajstić information content (AvgIpc) is 2.73. The Morgan fingerprint density at radius 2 is 1.74 bits per heavy atom. The monoisotopic (exact) mass is 505 g/mol. The summed E-state index contributed by atoms with van der Waals surface area (Å²) in [4.78, 5) is 27.4. The second-order valence-corrected chi connectivity index (χ2v) is 11.7. The summed E-state index contributed by atoms with van der Waals surface area (Å²) >= 11 is 0. The molecular formula is C26H36FN3O4S. The van der Waals surface area contributed by atoms with Crippen LogP contribution in [0, 0.1) is 12.7 Å². The largest absolute Gasteiger partial charge is 0.350 e. The van der Waals surface area contributed by atoms with Gasteiger partial charge in [0.1, 0.15) is 11.9 Å². The molecule has 0 unspecified atom stereocenters. The molecule has 0 heterocycles. The molecule has 9 heteroatoms. The fraction of sp³-hybridized carbons (Fsp3) is 0.462. The smallest absolute Gasteiger partial charge is 0.242 e. The van der Waals surface area contributed by atoms with Crippen molar-refractivity contribution in [3.05, 3.63) is 65.5 Å². The summed E-state index contributed by atoms with van der Waals surface area (Å²) in [5.74, 6) is -1.17. The highest BCUT2D eigenvalue weighted by Crippen LogP contribution is 2.21. The van der Waals surface area contributed by atoms with Crippen molar-refractivity contribution in [3.8, 4) is 0 Å². The topological polar surface area (TPSA) is 86.8 Å². The molecule has 0 radical (unpaired) electrons. The van der Waals surface area contributed by atoms with Crippen LogP contribution >= 0.6 is 0 Å². The molecule has 0 saturated heterocycles. The molecule has 0 bridgehead atoms. The summed E-state index contributed by atoms with van der Waals surface area (Å²) < 4.78 is 40.4. The molecule has 1 atom stereocenters. The van der Waals surface area contributed by atoms with Crippen LogP contribution in [0.1, 0.15) is 51.7 Å². The molecule has 2 aromatic rings. The van der Waals surface area contributed by atoms with E-state index in [1.807, 2.05) is 33.8 Å². The minimum Gasteiger partial charge on any atom is -0.350 e. The molecule has 7 nitrogen and oxygen atoms in total. The van der Waals surface area contributed by atoms with Crippen molar-refractivity contribution in [2.75, 3.05) is 17.1 Å². The quantitative estimate of drug-likeness (QED) is 0.529. The van der Waals surface area contributed by atoms with E-state index >= 15 is 0 Å². The molecular weight excluding hydrogens is 469 g/mol. The maximum Gasteiger partial charge on any atom is 0.242 e. The van der Waals surface area contributed by atoms with Crippen LogP contribution < -0.4 is 9.62 Å². The van der Waals surface area contributed by atoms with Crippen molar-refractivity contribution in [2.45, 2.75) is 65.6 Å². The minimum atomic E-state index is -3.56. The first-order valence-electron chi connectivity index (χ1n) is 11.6. The van der Waals surface area contributed by atoms with Crippen molar-refractivity contribution in [1.82, 2.24) is 10.2 Å². The Hall–Kier alpha value is -2.94. The van der Waals surface area contributed by atoms with Crippen molar-refractivity contribution in [1.29, 1.82) is 0 Å². The van der Waals surface area contributed by atoms with Crippen LogP contribution in [0.5, 0.6) is 0 Å². The van der Waals surface area contributed by atoms with Crippen LogP contribution in [0.25, 0.3) is 0 Å². The van der Waals surface area contributed by atoms with Gasteiger partial charge in [-0.05, 0) is 64.8 Å². The Bertz CT molecular complexity index is 1150. The third-order valence-corrected chi connectivity index (χ3v) is 6.60. The molecule has 2 aromatic carbocycles. The highest BCUT2D eigenvalue weighted by atomic mass is 32.2. The number of halogens is 1. The fourth-order valence-electron chi connectivity index (χ4n) is 3.65. The van der Waals surface area contributed by atoms with Gasteiger partial charge in [-0.2, -0.15) is 0 Å². The van der Waals surface area contributed by atoms with Gasteiger partial charge in [-0.1, -0.05) is 30.3 Å². The molecule has 35 heavy (non-hydrogen) atoms. The summed E-state index contributed by atoms with van der Waals surface area (Å²) in [7, 11) is -3.56. The van der Waals surface area contributed by atoms with Crippen molar-refractivity contribution >= 4 is 27.5 Å². The first kappa shape index (κ1) is 28.3. The number of sulfonamides is 1. The molecule has 0 aliphatic carbocycles. The lowest BCUT2D eigenvalue weighted by Crippen LogP contribution is -2.52. The van der Waals surface area contributed by atoms with Crippen molar-refractivity contribution in [3.63, 3.8) is 0 Å². The molecule has 192 valence electrons. The zero-order chi connectivity index (χ0) is 26.4. The van der Waals surface area contributed by atoms with Gasteiger partial charge in [-0.15, -0.1) is 0 Å². The molecule has 0 spiro atoms. The third-order valence-electron chi connectivity index (χ3n) is 5.41. The normalized spacial score (nSPS) is 12.7. The van der Waals surface area contributed by atoms with E-state index in [0.29, 0.717) is 11.3 Å². The van der Waals surface area contributed by atoms with Gasteiger partial charge in [0, 0.05) is 30.6 Å². The summed E-state index contributed by atoms with van der Waals surface area (Å²) in [6.45, 7) is 9.03. The molecule has 0 aromatic heterocycles. The maximum absolute atomic E-state index is 14.3. The van der Waals surface area contributed by atoms with Crippen LogP contribution in [0.2, 0.25) is 0 Å². The van der Waals surface area contributed by atoms with Gasteiger partial charge in [0.15, 0.2) is 0 Å². The van der Waals surface area contributed by atoms with Crippen LogP contribution in [0.3, 0.4) is 0 Å². The van der Waals surface area contributed by atoms with E-state index in [0.717, 1.165) is 11.8 Å². The molecule has 1 N–H and O–H groups in total. The van der Waals surface area contributed by atoms with E-state index in [1.165, 1.54) is 15.3 Å². The van der Waals surface area contributed by atoms with Gasteiger partial charge in [-0.25, -0.2) is 12.8 Å². The van der Waals surface area contributed by atoms with E-state index in [1.54, 1.807) is 43.3 Å². The molecule has 0 aliphatic rings. The van der Waals surface area contributed by atoms with Gasteiger partial charge in [-0.3, -0.25) is 13.9 Å². The average molecular weight is 506 g/mol. The Morgan fingerprint density at radius 1 is 1.09 bits per heavy atom. The fourth-order valence-corrected chi connectivity index (χ4v) is 4.61. The summed E-state index contributed by atoms with van der Waals surface area (Å²) in [6.07, 6.45) is 1.36. The zero-order valence-corrected chi connectivity index (χ0v) is 22.2. The Morgan fingerprint density at radius 3 is 2.31 bits per heavy atom. The maximum atomic E-state index is 14.3. The number of carbonyl (C=O) groups excluding carboxylic acids is 2. The predicted octanol–water partition coefficient (Wildman–Crippen LogP) is 4.01. The number of amides is 2. The van der Waals surface area contributed by atoms with Gasteiger partial charge >= 0.3 is 0 Å². The lowest BCUT2D eigenvalue weighted by molar-refractivity contribution is -0.141. The minimum absolute atomic E-state index is 0.000569. The summed E-state index contributed by atoms with van der Waals surface area (Å²) in [5.41, 5.74) is 1.25. The number of rotatable bonds is 10. The number of hydrogen-bond acceptors (Lipinski definition) is 4. The third kappa shape index (κ3) is 8.65. The number of hydrogen-bond donors (Lipinski definition) is 1. The Balaban J connectivity index is 2.20. The van der Waals surface area contributed by atoms with E-state index in [2.05, 4.69) is 5.32 Å². The van der Waals surface area contributed by atoms with Crippen LogP contribution in [0.15, 0.2) is 48.5 Å². The van der Waals surface area contributed by atoms with Gasteiger partial charge in [0.05, 0.1) is 11.9 Å². The van der Waals surface area contributed by atoms with Crippen LogP contribution in [-0.2, 0) is 26.2 Å². The van der Waals surface area contributed by atoms with Gasteiger partial charge in [0.2, 0.25) is 21.8 Å². The SMILES string of the molecule is Cc1cccc(N(CCCC(=O)N(Cc2ccccc2F)[C@H](C)C(=O)NC(C)(C)C)S(C)(=O)=O)c1. The Labute approximate surface area is 208 Å². The molecule has 0 aliphatic heterocycles. The molecule has 0 fully saturated rings. The summed E-state index contributed by atoms with van der Waals surface area (Å²) in [5, 5.41) is 2.86. The highest BCUT2D eigenvalue weighted by molar-refractivity contribution is 7.92. The van der Waals surface area contributed by atoms with E-state index in [4.69, 9.17) is 0 Å². The molecule has 2 amide bonds. The van der Waals surface area contributed by atoms with E-state index in [-0.39, 0.29) is 37.7 Å². The van der Waals surface area contributed by atoms with Crippen LogP contribution in [0.4, 0.5) is 10.1 Å². The number of nitrogens with zero attached hydrogens (tertiary/aromatic N) is 2. The van der Waals surface area contributed by atoms with Gasteiger partial charge < -0.3 is 10.2 Å². The van der Waals surface area contributed by atoms with Crippen molar-refractivity contribution in [2.24, 2.45) is 0 Å². The summed E-state index contributed by atoms with van der Waals surface area (Å²) in [6, 6.07) is 12.4. The molecule has 2 rings (SSSR count). The first-order chi connectivity index (χ1) is 16.2. The predicted molar refractivity (Wildman–Crippen MR) is 137 cm³/mol. The van der Waals surface area contributed by atoms with E-state index < -0.39 is 27.4 Å². The number of aryl methyl sites for hydroxylation is 1. The Kier molecular flexibility index (Phi) is 9.43. The first-order valence-corrected chi connectivity index (χ1v) is 13.4.